The molecule has 0 unspecified atom stereocenters. The highest BCUT2D eigenvalue weighted by Crippen LogP contribution is 2.31. The number of amides is 1. The van der Waals surface area contributed by atoms with Crippen LogP contribution in [0, 0.1) is 0 Å². The maximum atomic E-state index is 13.0. The quantitative estimate of drug-likeness (QED) is 0.280. The van der Waals surface area contributed by atoms with Crippen molar-refractivity contribution in [2.24, 2.45) is 0 Å². The second-order valence-electron chi connectivity index (χ2n) is 8.04. The number of hydroxylamine groups is 1. The number of rotatable bonds is 7. The normalized spacial score (nSPS) is 10.9. The summed E-state index contributed by atoms with van der Waals surface area (Å²) in [5.41, 5.74) is 6.39. The van der Waals surface area contributed by atoms with Crippen LogP contribution in [-0.2, 0) is 16.2 Å². The van der Waals surface area contributed by atoms with E-state index in [1.807, 2.05) is 72.2 Å². The SMILES string of the molecule is CCCCC(=O)ONC(=O)c1cc2ccc(-c3cc(Cl)cc(Cl)c3)cc2n1Cc1ccccc1. The molecule has 4 rings (SSSR count). The van der Waals surface area contributed by atoms with Gasteiger partial charge in [0.1, 0.15) is 5.69 Å². The summed E-state index contributed by atoms with van der Waals surface area (Å²) in [6, 6.07) is 22.9. The first-order valence-corrected chi connectivity index (χ1v) is 11.8. The standard InChI is InChI=1S/C27H24Cl2N2O3/c1-2-3-9-26(32)34-30-27(33)25-15-20-11-10-19(21-12-22(28)16-23(29)13-21)14-24(20)31(25)17-18-7-5-4-6-8-18/h4-8,10-16H,2-3,9,17H2,1H3,(H,30,33). The van der Waals surface area contributed by atoms with Crippen molar-refractivity contribution in [1.82, 2.24) is 10.0 Å². The smallest absolute Gasteiger partial charge is 0.332 e. The molecule has 1 heterocycles. The number of hydrogen-bond donors (Lipinski definition) is 1. The minimum absolute atomic E-state index is 0.259. The predicted octanol–water partition coefficient (Wildman–Crippen LogP) is 7.04. The Hall–Kier alpha value is -3.28. The van der Waals surface area contributed by atoms with E-state index < -0.39 is 11.9 Å². The molecule has 4 aromatic rings. The van der Waals surface area contributed by atoms with Gasteiger partial charge in [-0.15, -0.1) is 0 Å². The van der Waals surface area contributed by atoms with Crippen LogP contribution in [0.15, 0.2) is 72.8 Å². The Labute approximate surface area is 208 Å². The van der Waals surface area contributed by atoms with Gasteiger partial charge in [-0.25, -0.2) is 4.79 Å². The Morgan fingerprint density at radius 1 is 0.912 bits per heavy atom. The van der Waals surface area contributed by atoms with Gasteiger partial charge in [0.25, 0.3) is 0 Å². The number of unbranched alkanes of at least 4 members (excludes halogenated alkanes) is 1. The van der Waals surface area contributed by atoms with E-state index in [1.54, 1.807) is 12.1 Å². The first-order chi connectivity index (χ1) is 16.4. The topological polar surface area (TPSA) is 60.3 Å². The highest BCUT2D eigenvalue weighted by Gasteiger charge is 2.18. The minimum atomic E-state index is -0.482. The molecule has 0 bridgehead atoms. The molecule has 0 fully saturated rings. The van der Waals surface area contributed by atoms with Gasteiger partial charge < -0.3 is 9.40 Å². The zero-order valence-corrected chi connectivity index (χ0v) is 20.2. The van der Waals surface area contributed by atoms with E-state index in [4.69, 9.17) is 28.0 Å². The van der Waals surface area contributed by atoms with E-state index in [9.17, 15) is 9.59 Å². The Morgan fingerprint density at radius 2 is 1.65 bits per heavy atom. The number of fused-ring (bicyclic) bond motifs is 1. The fourth-order valence-electron chi connectivity index (χ4n) is 3.81. The molecule has 174 valence electrons. The summed E-state index contributed by atoms with van der Waals surface area (Å²) in [7, 11) is 0. The van der Waals surface area contributed by atoms with Crippen molar-refractivity contribution < 1.29 is 14.4 Å². The van der Waals surface area contributed by atoms with Crippen molar-refractivity contribution in [3.8, 4) is 11.1 Å². The number of carbonyl (C=O) groups is 2. The van der Waals surface area contributed by atoms with E-state index in [0.29, 0.717) is 28.7 Å². The van der Waals surface area contributed by atoms with Crippen molar-refractivity contribution in [3.05, 3.63) is 94.1 Å². The monoisotopic (exact) mass is 494 g/mol. The van der Waals surface area contributed by atoms with Gasteiger partial charge in [0.15, 0.2) is 0 Å². The molecule has 0 atom stereocenters. The predicted molar refractivity (Wildman–Crippen MR) is 136 cm³/mol. The molecular formula is C27H24Cl2N2O3. The van der Waals surface area contributed by atoms with E-state index in [2.05, 4.69) is 5.48 Å². The number of nitrogens with one attached hydrogen (secondary N) is 1. The summed E-state index contributed by atoms with van der Waals surface area (Å²) in [5, 5.41) is 1.98. The highest BCUT2D eigenvalue weighted by molar-refractivity contribution is 6.35. The zero-order chi connectivity index (χ0) is 24.1. The van der Waals surface area contributed by atoms with Crippen molar-refractivity contribution in [1.29, 1.82) is 0 Å². The molecule has 3 aromatic carbocycles. The molecule has 34 heavy (non-hydrogen) atoms. The first-order valence-electron chi connectivity index (χ1n) is 11.1. The number of hydrogen-bond acceptors (Lipinski definition) is 3. The summed E-state index contributed by atoms with van der Waals surface area (Å²) < 4.78 is 1.91. The molecule has 0 aliphatic rings. The lowest BCUT2D eigenvalue weighted by molar-refractivity contribution is -0.149. The third kappa shape index (κ3) is 5.61. The number of aromatic nitrogens is 1. The van der Waals surface area contributed by atoms with Crippen LogP contribution < -0.4 is 5.48 Å². The molecule has 0 saturated heterocycles. The second-order valence-corrected chi connectivity index (χ2v) is 8.91. The number of halogens is 2. The third-order valence-corrected chi connectivity index (χ3v) is 5.94. The van der Waals surface area contributed by atoms with Gasteiger partial charge in [-0.3, -0.25) is 4.79 Å². The van der Waals surface area contributed by atoms with Gasteiger partial charge in [-0.1, -0.05) is 79.0 Å². The Kier molecular flexibility index (Phi) is 7.56. The van der Waals surface area contributed by atoms with Crippen LogP contribution in [-0.4, -0.2) is 16.4 Å². The molecular weight excluding hydrogens is 471 g/mol. The van der Waals surface area contributed by atoms with Crippen molar-refractivity contribution in [2.45, 2.75) is 32.7 Å². The van der Waals surface area contributed by atoms with Crippen molar-refractivity contribution in [2.75, 3.05) is 0 Å². The zero-order valence-electron chi connectivity index (χ0n) is 18.7. The molecule has 5 nitrogen and oxygen atoms in total. The van der Waals surface area contributed by atoms with Gasteiger partial charge in [-0.05, 0) is 53.4 Å². The third-order valence-electron chi connectivity index (χ3n) is 5.51. The fraction of sp³-hybridized carbons (Fsp3) is 0.185. The Bertz CT molecular complexity index is 1310. The Balaban J connectivity index is 1.73. The fourth-order valence-corrected chi connectivity index (χ4v) is 4.33. The summed E-state index contributed by atoms with van der Waals surface area (Å²) in [4.78, 5) is 29.9. The summed E-state index contributed by atoms with van der Waals surface area (Å²) in [6.07, 6.45) is 1.84. The van der Waals surface area contributed by atoms with E-state index in [0.717, 1.165) is 34.0 Å². The summed E-state index contributed by atoms with van der Waals surface area (Å²) in [6.45, 7) is 2.45. The highest BCUT2D eigenvalue weighted by atomic mass is 35.5. The molecule has 1 N–H and O–H groups in total. The molecule has 7 heteroatoms. The molecule has 0 spiro atoms. The van der Waals surface area contributed by atoms with Crippen LogP contribution in [0.5, 0.6) is 0 Å². The molecule has 1 aromatic heterocycles. The molecule has 0 saturated carbocycles. The molecule has 1 amide bonds. The van der Waals surface area contributed by atoms with Gasteiger partial charge in [0, 0.05) is 33.9 Å². The van der Waals surface area contributed by atoms with Gasteiger partial charge in [0.05, 0.1) is 0 Å². The van der Waals surface area contributed by atoms with E-state index in [-0.39, 0.29) is 6.42 Å². The number of benzene rings is 3. The van der Waals surface area contributed by atoms with Crippen molar-refractivity contribution in [3.63, 3.8) is 0 Å². The maximum absolute atomic E-state index is 13.0. The molecule has 0 aliphatic carbocycles. The van der Waals surface area contributed by atoms with Crippen molar-refractivity contribution >= 4 is 46.0 Å². The second kappa shape index (κ2) is 10.8. The van der Waals surface area contributed by atoms with E-state index >= 15 is 0 Å². The molecule has 0 radical (unpaired) electrons. The summed E-state index contributed by atoms with van der Waals surface area (Å²) in [5.74, 6) is -0.939. The minimum Gasteiger partial charge on any atom is -0.340 e. The van der Waals surface area contributed by atoms with Crippen LogP contribution in [0.2, 0.25) is 10.0 Å². The molecule has 0 aliphatic heterocycles. The maximum Gasteiger partial charge on any atom is 0.332 e. The number of nitrogens with zero attached hydrogens (tertiary/aromatic N) is 1. The average Bonchev–Trinajstić information content (AvgIpc) is 3.19. The summed E-state index contributed by atoms with van der Waals surface area (Å²) >= 11 is 12.4. The number of carbonyl (C=O) groups excluding carboxylic acids is 2. The van der Waals surface area contributed by atoms with Crippen LogP contribution in [0.1, 0.15) is 42.2 Å². The first kappa shape index (κ1) is 23.9. The van der Waals surface area contributed by atoms with Crippen LogP contribution in [0.4, 0.5) is 0 Å². The van der Waals surface area contributed by atoms with Crippen LogP contribution in [0.25, 0.3) is 22.0 Å². The largest absolute Gasteiger partial charge is 0.340 e. The van der Waals surface area contributed by atoms with Gasteiger partial charge in [-0.2, -0.15) is 5.48 Å². The lowest BCUT2D eigenvalue weighted by atomic mass is 10.0. The van der Waals surface area contributed by atoms with Gasteiger partial charge >= 0.3 is 11.9 Å². The lowest BCUT2D eigenvalue weighted by Crippen LogP contribution is -2.29. The van der Waals surface area contributed by atoms with Crippen LogP contribution in [0.3, 0.4) is 0 Å². The van der Waals surface area contributed by atoms with E-state index in [1.165, 1.54) is 0 Å². The lowest BCUT2D eigenvalue weighted by Gasteiger charge is -2.12. The van der Waals surface area contributed by atoms with Crippen LogP contribution >= 0.6 is 23.2 Å². The average molecular weight is 495 g/mol. The van der Waals surface area contributed by atoms with Gasteiger partial charge in [0.2, 0.25) is 0 Å². The Morgan fingerprint density at radius 3 is 2.35 bits per heavy atom.